The third-order valence-electron chi connectivity index (χ3n) is 7.40. The van der Waals surface area contributed by atoms with E-state index in [1.807, 2.05) is 38.1 Å². The van der Waals surface area contributed by atoms with Crippen LogP contribution in [-0.2, 0) is 14.3 Å². The Kier molecular flexibility index (Phi) is 7.58. The van der Waals surface area contributed by atoms with Crippen molar-refractivity contribution in [2.45, 2.75) is 65.5 Å². The van der Waals surface area contributed by atoms with Crippen LogP contribution < -0.4 is 10.6 Å². The molecule has 0 saturated heterocycles. The number of aliphatic carboxylic acids is 1. The van der Waals surface area contributed by atoms with Crippen molar-refractivity contribution in [3.8, 4) is 11.1 Å². The minimum atomic E-state index is -1.04. The second-order valence-corrected chi connectivity index (χ2v) is 10.6. The van der Waals surface area contributed by atoms with Gasteiger partial charge in [-0.15, -0.1) is 0 Å². The summed E-state index contributed by atoms with van der Waals surface area (Å²) >= 11 is 0. The van der Waals surface area contributed by atoms with Gasteiger partial charge in [0.2, 0.25) is 5.91 Å². The van der Waals surface area contributed by atoms with Crippen molar-refractivity contribution in [1.29, 1.82) is 0 Å². The van der Waals surface area contributed by atoms with Crippen LogP contribution in [-0.4, -0.2) is 41.3 Å². The van der Waals surface area contributed by atoms with Gasteiger partial charge in [-0.3, -0.25) is 9.59 Å². The predicted molar refractivity (Wildman–Crippen MR) is 135 cm³/mol. The zero-order valence-electron chi connectivity index (χ0n) is 21.3. The summed E-state index contributed by atoms with van der Waals surface area (Å²) in [5.74, 6) is -1.42. The quantitative estimate of drug-likeness (QED) is 0.471. The summed E-state index contributed by atoms with van der Waals surface area (Å²) in [4.78, 5) is 37.2. The molecule has 1 unspecified atom stereocenters. The van der Waals surface area contributed by atoms with Crippen LogP contribution in [0.15, 0.2) is 48.5 Å². The fraction of sp³-hybridized carbons (Fsp3) is 0.464. The Hall–Kier alpha value is -3.35. The van der Waals surface area contributed by atoms with Crippen LogP contribution in [0.3, 0.4) is 0 Å². The smallest absolute Gasteiger partial charge is 0.407 e. The lowest BCUT2D eigenvalue weighted by atomic mass is 9.73. The molecule has 1 aliphatic carbocycles. The molecule has 1 atom stereocenters. The molecule has 3 rings (SSSR count). The van der Waals surface area contributed by atoms with Gasteiger partial charge in [-0.2, -0.15) is 0 Å². The van der Waals surface area contributed by atoms with Gasteiger partial charge in [0.05, 0.1) is 17.4 Å². The Balaban J connectivity index is 1.67. The van der Waals surface area contributed by atoms with Gasteiger partial charge >= 0.3 is 12.1 Å². The lowest BCUT2D eigenvalue weighted by Gasteiger charge is -2.41. The SMILES string of the molecule is CC(C)C(CC(=O)O)NC(=O)C(C)(C)C(C)(C)NC(=O)OCC1c2ccccc2-c2ccccc21. The van der Waals surface area contributed by atoms with Crippen molar-refractivity contribution in [1.82, 2.24) is 10.6 Å². The molecule has 2 aromatic rings. The highest BCUT2D eigenvalue weighted by Gasteiger charge is 2.45. The number of carboxylic acid groups (broad SMARTS) is 1. The van der Waals surface area contributed by atoms with Gasteiger partial charge in [0, 0.05) is 12.0 Å². The molecule has 7 heteroatoms. The number of rotatable bonds is 9. The van der Waals surface area contributed by atoms with Crippen LogP contribution in [0.2, 0.25) is 0 Å². The Morgan fingerprint density at radius 1 is 0.943 bits per heavy atom. The van der Waals surface area contributed by atoms with E-state index in [1.54, 1.807) is 27.7 Å². The van der Waals surface area contributed by atoms with Gasteiger partial charge in [-0.1, -0.05) is 62.4 Å². The van der Waals surface area contributed by atoms with Crippen molar-refractivity contribution in [3.05, 3.63) is 59.7 Å². The number of carbonyl (C=O) groups is 3. The van der Waals surface area contributed by atoms with Crippen LogP contribution in [0.4, 0.5) is 4.79 Å². The summed E-state index contributed by atoms with van der Waals surface area (Å²) < 4.78 is 5.66. The van der Waals surface area contributed by atoms with Gasteiger partial charge in [0.15, 0.2) is 0 Å². The predicted octanol–water partition coefficient (Wildman–Crippen LogP) is 4.95. The molecule has 7 nitrogen and oxygen atoms in total. The number of nitrogens with one attached hydrogen (secondary N) is 2. The number of ether oxygens (including phenoxy) is 1. The fourth-order valence-corrected chi connectivity index (χ4v) is 4.32. The molecule has 2 aromatic carbocycles. The largest absolute Gasteiger partial charge is 0.481 e. The summed E-state index contributed by atoms with van der Waals surface area (Å²) in [5.41, 5.74) is 2.54. The molecule has 0 aliphatic heterocycles. The highest BCUT2D eigenvalue weighted by Crippen LogP contribution is 2.44. The van der Waals surface area contributed by atoms with E-state index in [0.717, 1.165) is 22.3 Å². The lowest BCUT2D eigenvalue weighted by molar-refractivity contribution is -0.139. The average molecular weight is 481 g/mol. The standard InChI is InChI=1S/C28H36N2O5/c1-17(2)23(15-24(31)32)29-25(33)27(3,4)28(5,6)30-26(34)35-16-22-20-13-9-7-11-18(20)19-12-8-10-14-21(19)22/h7-14,17,22-23H,15-16H2,1-6H3,(H,29,33)(H,30,34)(H,31,32). The van der Waals surface area contributed by atoms with E-state index < -0.39 is 29.1 Å². The van der Waals surface area contributed by atoms with Gasteiger partial charge in [0.1, 0.15) is 6.61 Å². The molecule has 0 heterocycles. The van der Waals surface area contributed by atoms with Crippen molar-refractivity contribution in [2.75, 3.05) is 6.61 Å². The van der Waals surface area contributed by atoms with Crippen LogP contribution in [0, 0.1) is 11.3 Å². The first-order chi connectivity index (χ1) is 16.3. The van der Waals surface area contributed by atoms with E-state index in [9.17, 15) is 19.5 Å². The maximum atomic E-state index is 13.1. The minimum absolute atomic E-state index is 0.0518. The maximum Gasteiger partial charge on any atom is 0.407 e. The lowest BCUT2D eigenvalue weighted by Crippen LogP contribution is -2.61. The molecule has 0 radical (unpaired) electrons. The highest BCUT2D eigenvalue weighted by molar-refractivity contribution is 5.85. The summed E-state index contributed by atoms with van der Waals surface area (Å²) in [5, 5.41) is 14.9. The molecule has 2 amide bonds. The number of alkyl carbamates (subject to hydrolysis) is 1. The number of fused-ring (bicyclic) bond motifs is 3. The first-order valence-electron chi connectivity index (χ1n) is 12.0. The number of carbonyl (C=O) groups excluding carboxylic acids is 2. The summed E-state index contributed by atoms with van der Waals surface area (Å²) in [7, 11) is 0. The average Bonchev–Trinajstić information content (AvgIpc) is 3.10. The first kappa shape index (κ1) is 26.3. The zero-order chi connectivity index (χ0) is 26.0. The van der Waals surface area contributed by atoms with E-state index in [0.29, 0.717) is 0 Å². The molecule has 0 saturated carbocycles. The summed E-state index contributed by atoms with van der Waals surface area (Å²) in [6.07, 6.45) is -0.775. The third kappa shape index (κ3) is 5.50. The van der Waals surface area contributed by atoms with Gasteiger partial charge in [-0.05, 0) is 55.9 Å². The molecule has 1 aliphatic rings. The Morgan fingerprint density at radius 2 is 1.46 bits per heavy atom. The fourth-order valence-electron chi connectivity index (χ4n) is 4.32. The molecule has 0 spiro atoms. The monoisotopic (exact) mass is 480 g/mol. The Bertz CT molecular complexity index is 1060. The first-order valence-corrected chi connectivity index (χ1v) is 12.0. The van der Waals surface area contributed by atoms with Gasteiger partial charge in [0.25, 0.3) is 0 Å². The van der Waals surface area contributed by atoms with Crippen LogP contribution in [0.25, 0.3) is 11.1 Å². The van der Waals surface area contributed by atoms with E-state index in [4.69, 9.17) is 4.74 Å². The number of hydrogen-bond acceptors (Lipinski definition) is 4. The maximum absolute atomic E-state index is 13.1. The van der Waals surface area contributed by atoms with E-state index >= 15 is 0 Å². The number of benzene rings is 2. The van der Waals surface area contributed by atoms with Crippen LogP contribution >= 0.6 is 0 Å². The molecular weight excluding hydrogens is 444 g/mol. The van der Waals surface area contributed by atoms with Crippen LogP contribution in [0.5, 0.6) is 0 Å². The second kappa shape index (κ2) is 10.1. The third-order valence-corrected chi connectivity index (χ3v) is 7.40. The molecular formula is C28H36N2O5. The molecule has 3 N–H and O–H groups in total. The van der Waals surface area contributed by atoms with Crippen molar-refractivity contribution in [3.63, 3.8) is 0 Å². The number of carboxylic acids is 1. The highest BCUT2D eigenvalue weighted by atomic mass is 16.5. The summed E-state index contributed by atoms with van der Waals surface area (Å²) in [6.45, 7) is 10.9. The molecule has 188 valence electrons. The normalized spacial score (nSPS) is 14.1. The van der Waals surface area contributed by atoms with E-state index in [1.165, 1.54) is 0 Å². The minimum Gasteiger partial charge on any atom is -0.481 e. The van der Waals surface area contributed by atoms with E-state index in [-0.39, 0.29) is 30.8 Å². The van der Waals surface area contributed by atoms with Gasteiger partial charge < -0.3 is 20.5 Å². The van der Waals surface area contributed by atoms with Crippen LogP contribution in [0.1, 0.15) is 65.0 Å². The topological polar surface area (TPSA) is 105 Å². The Labute approximate surface area is 207 Å². The van der Waals surface area contributed by atoms with Crippen molar-refractivity contribution >= 4 is 18.0 Å². The summed E-state index contributed by atoms with van der Waals surface area (Å²) in [6, 6.07) is 15.7. The molecule has 0 bridgehead atoms. The number of hydrogen-bond donors (Lipinski definition) is 3. The van der Waals surface area contributed by atoms with E-state index in [2.05, 4.69) is 34.9 Å². The van der Waals surface area contributed by atoms with Crippen molar-refractivity contribution < 1.29 is 24.2 Å². The zero-order valence-corrected chi connectivity index (χ0v) is 21.3. The molecule has 0 fully saturated rings. The van der Waals surface area contributed by atoms with Gasteiger partial charge in [-0.25, -0.2) is 4.79 Å². The second-order valence-electron chi connectivity index (χ2n) is 10.6. The van der Waals surface area contributed by atoms with Crippen molar-refractivity contribution in [2.24, 2.45) is 11.3 Å². The Morgan fingerprint density at radius 3 is 1.94 bits per heavy atom. The molecule has 0 aromatic heterocycles. The molecule has 35 heavy (non-hydrogen) atoms. The number of amides is 2.